The van der Waals surface area contributed by atoms with Crippen LogP contribution in [-0.4, -0.2) is 25.4 Å². The van der Waals surface area contributed by atoms with Crippen LogP contribution in [0.4, 0.5) is 4.79 Å². The maximum absolute atomic E-state index is 11.9. The number of carbonyl (C=O) groups excluding carboxylic acids is 1. The van der Waals surface area contributed by atoms with Crippen LogP contribution in [0.5, 0.6) is 11.5 Å². The zero-order valence-electron chi connectivity index (χ0n) is 12.8. The van der Waals surface area contributed by atoms with Gasteiger partial charge in [-0.15, -0.1) is 0 Å². The molecule has 0 fully saturated rings. The number of aromatic nitrogens is 1. The maximum Gasteiger partial charge on any atom is 0.513 e. The van der Waals surface area contributed by atoms with E-state index in [-0.39, 0.29) is 11.3 Å². The van der Waals surface area contributed by atoms with Crippen LogP contribution in [0.25, 0.3) is 11.1 Å². The van der Waals surface area contributed by atoms with E-state index in [1.54, 1.807) is 19.1 Å². The molecule has 0 saturated heterocycles. The van der Waals surface area contributed by atoms with Crippen molar-refractivity contribution in [2.75, 3.05) is 14.2 Å². The highest BCUT2D eigenvalue weighted by Gasteiger charge is 2.16. The summed E-state index contributed by atoms with van der Waals surface area (Å²) in [5.41, 5.74) is 0.888. The Kier molecular flexibility index (Phi) is 4.66. The Hall–Kier alpha value is -3.27. The summed E-state index contributed by atoms with van der Waals surface area (Å²) in [5.74, 6) is 0.637. The van der Waals surface area contributed by atoms with Crippen molar-refractivity contribution >= 4 is 6.16 Å². The summed E-state index contributed by atoms with van der Waals surface area (Å²) in [6, 6.07) is 8.13. The van der Waals surface area contributed by atoms with Gasteiger partial charge < -0.3 is 19.2 Å². The normalized spacial score (nSPS) is 9.83. The molecule has 7 heteroatoms. The maximum atomic E-state index is 11.9. The summed E-state index contributed by atoms with van der Waals surface area (Å²) in [4.78, 5) is 25.8. The van der Waals surface area contributed by atoms with Crippen LogP contribution in [0, 0.1) is 18.3 Å². The number of pyridine rings is 1. The number of nitrogens with one attached hydrogen (secondary N) is 1. The van der Waals surface area contributed by atoms with Crippen molar-refractivity contribution in [3.63, 3.8) is 0 Å². The van der Waals surface area contributed by atoms with Crippen LogP contribution in [0.2, 0.25) is 0 Å². The van der Waals surface area contributed by atoms with Gasteiger partial charge in [-0.1, -0.05) is 0 Å². The minimum atomic E-state index is -0.872. The number of ether oxygens (including phenoxy) is 3. The Labute approximate surface area is 132 Å². The quantitative estimate of drug-likeness (QED) is 0.689. The van der Waals surface area contributed by atoms with Gasteiger partial charge in [0.2, 0.25) is 0 Å². The molecule has 0 amide bonds. The summed E-state index contributed by atoms with van der Waals surface area (Å²) in [6.45, 7) is 1.70. The molecule has 7 nitrogen and oxygen atoms in total. The first kappa shape index (κ1) is 16.1. The molecular formula is C16H14N2O5. The van der Waals surface area contributed by atoms with Crippen molar-refractivity contribution in [3.05, 3.63) is 45.9 Å². The zero-order chi connectivity index (χ0) is 17.0. The Morgan fingerprint density at radius 3 is 2.57 bits per heavy atom. The van der Waals surface area contributed by atoms with Crippen molar-refractivity contribution in [3.8, 4) is 28.7 Å². The molecule has 1 aromatic heterocycles. The van der Waals surface area contributed by atoms with Gasteiger partial charge in [0, 0.05) is 16.8 Å². The molecule has 1 N–H and O–H groups in total. The monoisotopic (exact) mass is 314 g/mol. The van der Waals surface area contributed by atoms with Crippen LogP contribution >= 0.6 is 0 Å². The second-order valence-electron chi connectivity index (χ2n) is 4.60. The van der Waals surface area contributed by atoms with E-state index in [1.807, 2.05) is 6.07 Å². The van der Waals surface area contributed by atoms with Crippen LogP contribution in [0.3, 0.4) is 0 Å². The molecule has 1 aromatic carbocycles. The third-order valence-electron chi connectivity index (χ3n) is 3.11. The van der Waals surface area contributed by atoms with Gasteiger partial charge in [0.05, 0.1) is 14.2 Å². The number of rotatable bonds is 3. The number of hydrogen-bond acceptors (Lipinski definition) is 6. The number of benzene rings is 1. The lowest BCUT2D eigenvalue weighted by Gasteiger charge is -2.12. The highest BCUT2D eigenvalue weighted by molar-refractivity contribution is 5.77. The molecule has 0 spiro atoms. The van der Waals surface area contributed by atoms with E-state index in [0.717, 1.165) is 0 Å². The number of methoxy groups -OCH3 is 2. The molecule has 1 heterocycles. The standard InChI is InChI=1S/C16H14N2O5/c1-9-6-11(13(8-17)15(19)18-9)12-7-10(23-16(20)22-3)4-5-14(12)21-2/h4-7H,1-3H3,(H,18,19). The van der Waals surface area contributed by atoms with Crippen molar-refractivity contribution in [2.45, 2.75) is 6.92 Å². The lowest BCUT2D eigenvalue weighted by molar-refractivity contribution is 0.121. The molecule has 0 aliphatic heterocycles. The van der Waals surface area contributed by atoms with Crippen molar-refractivity contribution < 1.29 is 19.0 Å². The molecule has 0 atom stereocenters. The number of hydrogen-bond donors (Lipinski definition) is 1. The third-order valence-corrected chi connectivity index (χ3v) is 3.11. The average Bonchev–Trinajstić information content (AvgIpc) is 2.54. The first-order valence-corrected chi connectivity index (χ1v) is 6.58. The minimum Gasteiger partial charge on any atom is -0.496 e. The Morgan fingerprint density at radius 1 is 1.22 bits per heavy atom. The van der Waals surface area contributed by atoms with Gasteiger partial charge in [0.15, 0.2) is 0 Å². The van der Waals surface area contributed by atoms with E-state index in [1.165, 1.54) is 26.4 Å². The van der Waals surface area contributed by atoms with Crippen LogP contribution in [-0.2, 0) is 4.74 Å². The number of aromatic amines is 1. The topological polar surface area (TPSA) is 101 Å². The summed E-state index contributed by atoms with van der Waals surface area (Å²) < 4.78 is 14.7. The van der Waals surface area contributed by atoms with E-state index >= 15 is 0 Å². The summed E-state index contributed by atoms with van der Waals surface area (Å²) in [6.07, 6.45) is -0.872. The van der Waals surface area contributed by atoms with Crippen LogP contribution in [0.1, 0.15) is 11.3 Å². The van der Waals surface area contributed by atoms with Crippen molar-refractivity contribution in [2.24, 2.45) is 0 Å². The molecule has 23 heavy (non-hydrogen) atoms. The van der Waals surface area contributed by atoms with Gasteiger partial charge in [-0.25, -0.2) is 4.79 Å². The highest BCUT2D eigenvalue weighted by Crippen LogP contribution is 2.34. The zero-order valence-corrected chi connectivity index (χ0v) is 12.8. The summed E-state index contributed by atoms with van der Waals surface area (Å²) in [7, 11) is 2.66. The minimum absolute atomic E-state index is 0.0517. The lowest BCUT2D eigenvalue weighted by Crippen LogP contribution is -2.13. The molecule has 0 radical (unpaired) electrons. The van der Waals surface area contributed by atoms with Crippen molar-refractivity contribution in [1.29, 1.82) is 5.26 Å². The molecule has 2 rings (SSSR count). The molecule has 0 aliphatic carbocycles. The first-order chi connectivity index (χ1) is 11.0. The van der Waals surface area contributed by atoms with E-state index in [2.05, 4.69) is 9.72 Å². The van der Waals surface area contributed by atoms with Gasteiger partial charge in [-0.2, -0.15) is 5.26 Å². The molecule has 0 aliphatic rings. The first-order valence-electron chi connectivity index (χ1n) is 6.58. The fourth-order valence-corrected chi connectivity index (χ4v) is 2.11. The van der Waals surface area contributed by atoms with E-state index in [9.17, 15) is 14.9 Å². The predicted octanol–water partition coefficient (Wildman–Crippen LogP) is 2.38. The van der Waals surface area contributed by atoms with Gasteiger partial charge in [0.25, 0.3) is 5.56 Å². The van der Waals surface area contributed by atoms with Crippen molar-refractivity contribution in [1.82, 2.24) is 4.98 Å². The Balaban J connectivity index is 2.67. The number of H-pyrrole nitrogens is 1. The van der Waals surface area contributed by atoms with E-state index in [4.69, 9.17) is 9.47 Å². The van der Waals surface area contributed by atoms with Gasteiger partial charge in [-0.3, -0.25) is 4.79 Å². The number of aryl methyl sites for hydroxylation is 1. The lowest BCUT2D eigenvalue weighted by atomic mass is 10.00. The van der Waals surface area contributed by atoms with E-state index in [0.29, 0.717) is 22.6 Å². The fourth-order valence-electron chi connectivity index (χ4n) is 2.11. The molecule has 0 unspecified atom stereocenters. The smallest absolute Gasteiger partial charge is 0.496 e. The van der Waals surface area contributed by atoms with Crippen LogP contribution in [0.15, 0.2) is 29.1 Å². The molecule has 2 aromatic rings. The SMILES string of the molecule is COC(=O)Oc1ccc(OC)c(-c2cc(C)[nH]c(=O)c2C#N)c1. The largest absolute Gasteiger partial charge is 0.513 e. The fraction of sp³-hybridized carbons (Fsp3) is 0.188. The van der Waals surface area contributed by atoms with Gasteiger partial charge in [0.1, 0.15) is 23.1 Å². The molecule has 118 valence electrons. The molecule has 0 saturated carbocycles. The second-order valence-corrected chi connectivity index (χ2v) is 4.60. The van der Waals surface area contributed by atoms with Gasteiger partial charge >= 0.3 is 6.16 Å². The summed E-state index contributed by atoms with van der Waals surface area (Å²) in [5, 5.41) is 9.25. The molecule has 0 bridgehead atoms. The van der Waals surface area contributed by atoms with Crippen LogP contribution < -0.4 is 15.0 Å². The number of nitriles is 1. The number of carbonyl (C=O) groups is 1. The number of nitrogens with zero attached hydrogens (tertiary/aromatic N) is 1. The average molecular weight is 314 g/mol. The third kappa shape index (κ3) is 3.32. The second kappa shape index (κ2) is 6.66. The Morgan fingerprint density at radius 2 is 1.96 bits per heavy atom. The summed E-state index contributed by atoms with van der Waals surface area (Å²) >= 11 is 0. The highest BCUT2D eigenvalue weighted by atomic mass is 16.7. The molecular weight excluding hydrogens is 300 g/mol. The Bertz CT molecular complexity index is 849. The van der Waals surface area contributed by atoms with E-state index < -0.39 is 11.7 Å². The predicted molar refractivity (Wildman–Crippen MR) is 81.5 cm³/mol. The van der Waals surface area contributed by atoms with Gasteiger partial charge in [-0.05, 0) is 31.2 Å².